The molecule has 4 nitrogen and oxygen atoms in total. The van der Waals surface area contributed by atoms with Crippen LogP contribution in [-0.4, -0.2) is 10.5 Å². The summed E-state index contributed by atoms with van der Waals surface area (Å²) in [4.78, 5) is 22.1. The number of nitrogens with one attached hydrogen (secondary N) is 1. The first-order valence-electron chi connectivity index (χ1n) is 3.64. The zero-order valence-corrected chi connectivity index (χ0v) is 8.88. The molecule has 70 valence electrons. The first kappa shape index (κ1) is 9.98. The van der Waals surface area contributed by atoms with Gasteiger partial charge in [0.1, 0.15) is 5.69 Å². The van der Waals surface area contributed by atoms with Gasteiger partial charge in [-0.3, -0.25) is 9.59 Å². The minimum atomic E-state index is -0.254. The van der Waals surface area contributed by atoms with E-state index in [1.165, 1.54) is 11.5 Å². The number of hydrogen-bond acceptors (Lipinski definition) is 2. The van der Waals surface area contributed by atoms with E-state index in [1.54, 1.807) is 19.3 Å². The molecule has 1 rings (SSSR count). The van der Waals surface area contributed by atoms with Crippen molar-refractivity contribution in [3.05, 3.63) is 27.1 Å². The molecule has 0 saturated carbocycles. The molecular weight excluding hydrogens is 236 g/mol. The number of halogens is 1. The monoisotopic (exact) mass is 244 g/mol. The van der Waals surface area contributed by atoms with Crippen LogP contribution in [0.4, 0.5) is 5.69 Å². The van der Waals surface area contributed by atoms with Crippen molar-refractivity contribution in [2.75, 3.05) is 5.32 Å². The van der Waals surface area contributed by atoms with Crippen molar-refractivity contribution in [1.82, 2.24) is 4.57 Å². The molecule has 0 radical (unpaired) electrons. The fourth-order valence-corrected chi connectivity index (χ4v) is 1.49. The highest BCUT2D eigenvalue weighted by Gasteiger charge is 2.03. The highest BCUT2D eigenvalue weighted by atomic mass is 79.9. The number of rotatable bonds is 1. The largest absolute Gasteiger partial charge is 0.322 e. The van der Waals surface area contributed by atoms with Gasteiger partial charge in [-0.25, -0.2) is 0 Å². The molecule has 13 heavy (non-hydrogen) atoms. The van der Waals surface area contributed by atoms with Crippen LogP contribution in [0.3, 0.4) is 0 Å². The molecule has 0 atom stereocenters. The number of anilines is 1. The Balaban J connectivity index is 3.21. The number of carbonyl (C=O) groups excluding carboxylic acids is 1. The van der Waals surface area contributed by atoms with Crippen LogP contribution in [0.2, 0.25) is 0 Å². The van der Waals surface area contributed by atoms with Crippen molar-refractivity contribution in [2.24, 2.45) is 7.05 Å². The molecule has 0 unspecified atom stereocenters. The van der Waals surface area contributed by atoms with Crippen molar-refractivity contribution in [3.63, 3.8) is 0 Å². The Labute approximate surface area is 83.7 Å². The van der Waals surface area contributed by atoms with Crippen molar-refractivity contribution < 1.29 is 4.79 Å². The zero-order chi connectivity index (χ0) is 10.0. The summed E-state index contributed by atoms with van der Waals surface area (Å²) < 4.78 is 2.15. The highest BCUT2D eigenvalue weighted by molar-refractivity contribution is 9.10. The standard InChI is InChI=1S/C8H9BrN2O2/c1-5(12)10-7-3-6(9)4-11(2)8(7)13/h3-4H,1-2H3,(H,10,12). The van der Waals surface area contributed by atoms with Gasteiger partial charge in [-0.05, 0) is 22.0 Å². The molecule has 0 fully saturated rings. The third kappa shape index (κ3) is 2.42. The van der Waals surface area contributed by atoms with Crippen molar-refractivity contribution >= 4 is 27.5 Å². The summed E-state index contributed by atoms with van der Waals surface area (Å²) in [7, 11) is 1.62. The van der Waals surface area contributed by atoms with Crippen LogP contribution >= 0.6 is 15.9 Å². The Morgan fingerprint density at radius 2 is 2.23 bits per heavy atom. The van der Waals surface area contributed by atoms with E-state index in [-0.39, 0.29) is 17.2 Å². The van der Waals surface area contributed by atoms with Crippen LogP contribution in [-0.2, 0) is 11.8 Å². The predicted molar refractivity (Wildman–Crippen MR) is 53.7 cm³/mol. The summed E-state index contributed by atoms with van der Waals surface area (Å²) in [6.45, 7) is 1.36. The summed E-state index contributed by atoms with van der Waals surface area (Å²) >= 11 is 3.23. The van der Waals surface area contributed by atoms with E-state index in [1.807, 2.05) is 0 Å². The van der Waals surface area contributed by atoms with Crippen LogP contribution in [0.25, 0.3) is 0 Å². The number of aryl methyl sites for hydroxylation is 1. The number of hydrogen-bond donors (Lipinski definition) is 1. The molecule has 0 bridgehead atoms. The third-order valence-corrected chi connectivity index (χ3v) is 1.89. The topological polar surface area (TPSA) is 51.1 Å². The summed E-state index contributed by atoms with van der Waals surface area (Å²) in [5.74, 6) is -0.254. The molecule has 0 aliphatic rings. The Morgan fingerprint density at radius 3 is 2.77 bits per heavy atom. The molecule has 5 heteroatoms. The second kappa shape index (κ2) is 3.74. The second-order valence-corrected chi connectivity index (χ2v) is 3.58. The van der Waals surface area contributed by atoms with E-state index in [9.17, 15) is 9.59 Å². The van der Waals surface area contributed by atoms with Gasteiger partial charge in [0.15, 0.2) is 0 Å². The van der Waals surface area contributed by atoms with Gasteiger partial charge in [0.2, 0.25) is 5.91 Å². The summed E-state index contributed by atoms with van der Waals surface area (Å²) in [6.07, 6.45) is 1.63. The smallest absolute Gasteiger partial charge is 0.274 e. The van der Waals surface area contributed by atoms with E-state index in [4.69, 9.17) is 0 Å². The van der Waals surface area contributed by atoms with E-state index >= 15 is 0 Å². The van der Waals surface area contributed by atoms with Crippen LogP contribution in [0.1, 0.15) is 6.92 Å². The molecule has 1 amide bonds. The lowest BCUT2D eigenvalue weighted by Crippen LogP contribution is -2.22. The van der Waals surface area contributed by atoms with Crippen LogP contribution in [0.15, 0.2) is 21.5 Å². The van der Waals surface area contributed by atoms with Gasteiger partial charge in [0.25, 0.3) is 5.56 Å². The fourth-order valence-electron chi connectivity index (χ4n) is 0.950. The van der Waals surface area contributed by atoms with Crippen molar-refractivity contribution in [3.8, 4) is 0 Å². The highest BCUT2D eigenvalue weighted by Crippen LogP contribution is 2.10. The Morgan fingerprint density at radius 1 is 1.62 bits per heavy atom. The molecular formula is C8H9BrN2O2. The lowest BCUT2D eigenvalue weighted by molar-refractivity contribution is -0.114. The van der Waals surface area contributed by atoms with Gasteiger partial charge in [-0.2, -0.15) is 0 Å². The maximum atomic E-state index is 11.4. The lowest BCUT2D eigenvalue weighted by Gasteiger charge is -2.04. The first-order valence-corrected chi connectivity index (χ1v) is 4.44. The third-order valence-electron chi connectivity index (χ3n) is 1.46. The summed E-state index contributed by atoms with van der Waals surface area (Å²) in [5, 5.41) is 2.45. The van der Waals surface area contributed by atoms with Gasteiger partial charge >= 0.3 is 0 Å². The normalized spacial score (nSPS) is 9.77. The lowest BCUT2D eigenvalue weighted by atomic mass is 10.4. The van der Waals surface area contributed by atoms with Gasteiger partial charge in [0, 0.05) is 24.6 Å². The van der Waals surface area contributed by atoms with E-state index in [2.05, 4.69) is 21.2 Å². The first-order chi connectivity index (χ1) is 6.00. The molecule has 0 aliphatic heterocycles. The average molecular weight is 245 g/mol. The molecule has 1 heterocycles. The number of aromatic nitrogens is 1. The van der Waals surface area contributed by atoms with Gasteiger partial charge < -0.3 is 9.88 Å². The van der Waals surface area contributed by atoms with Crippen molar-refractivity contribution in [2.45, 2.75) is 6.92 Å². The molecule has 1 aromatic rings. The minimum absolute atomic E-state index is 0.224. The molecule has 1 N–H and O–H groups in total. The number of nitrogens with zero attached hydrogens (tertiary/aromatic N) is 1. The Bertz CT molecular complexity index is 398. The van der Waals surface area contributed by atoms with Gasteiger partial charge in [-0.15, -0.1) is 0 Å². The summed E-state index contributed by atoms with van der Waals surface area (Å²) in [6, 6.07) is 1.57. The van der Waals surface area contributed by atoms with Crippen molar-refractivity contribution in [1.29, 1.82) is 0 Å². The number of carbonyl (C=O) groups is 1. The Kier molecular flexibility index (Phi) is 2.87. The number of amides is 1. The van der Waals surface area contributed by atoms with Crippen LogP contribution in [0, 0.1) is 0 Å². The second-order valence-electron chi connectivity index (χ2n) is 2.67. The molecule has 0 aliphatic carbocycles. The molecule has 0 aromatic carbocycles. The van der Waals surface area contributed by atoms with E-state index in [0.29, 0.717) is 0 Å². The summed E-state index contributed by atoms with van der Waals surface area (Å²) in [5.41, 5.74) is 0.0581. The van der Waals surface area contributed by atoms with Gasteiger partial charge in [0.05, 0.1) is 0 Å². The molecule has 0 spiro atoms. The number of pyridine rings is 1. The zero-order valence-electron chi connectivity index (χ0n) is 7.30. The quantitative estimate of drug-likeness (QED) is 0.805. The van der Waals surface area contributed by atoms with Crippen LogP contribution in [0.5, 0.6) is 0 Å². The van der Waals surface area contributed by atoms with E-state index < -0.39 is 0 Å². The fraction of sp³-hybridized carbons (Fsp3) is 0.250. The average Bonchev–Trinajstić information content (AvgIpc) is 1.98. The minimum Gasteiger partial charge on any atom is -0.322 e. The van der Waals surface area contributed by atoms with Gasteiger partial charge in [-0.1, -0.05) is 0 Å². The Hall–Kier alpha value is -1.10. The maximum Gasteiger partial charge on any atom is 0.274 e. The SMILES string of the molecule is CC(=O)Nc1cc(Br)cn(C)c1=O. The van der Waals surface area contributed by atoms with E-state index in [0.717, 1.165) is 4.47 Å². The molecule has 0 saturated heterocycles. The predicted octanol–water partition coefficient (Wildman–Crippen LogP) is 1.11. The molecule has 1 aromatic heterocycles. The van der Waals surface area contributed by atoms with Crippen LogP contribution < -0.4 is 10.9 Å². The maximum absolute atomic E-state index is 11.4.